The number of aryl methyl sites for hydroxylation is 1. The van der Waals surface area contributed by atoms with Crippen LogP contribution in [0, 0.1) is 6.92 Å². The van der Waals surface area contributed by atoms with Crippen LogP contribution in [0.4, 0.5) is 11.8 Å². The minimum Gasteiger partial charge on any atom is -0.366 e. The smallest absolute Gasteiger partial charge is 0.225 e. The van der Waals surface area contributed by atoms with Crippen LogP contribution >= 0.6 is 0 Å². The van der Waals surface area contributed by atoms with Crippen LogP contribution in [-0.4, -0.2) is 21.0 Å². The topological polar surface area (TPSA) is 62.7 Å². The third-order valence-corrected chi connectivity index (χ3v) is 4.16. The Morgan fingerprint density at radius 2 is 1.84 bits per heavy atom. The highest BCUT2D eigenvalue weighted by Gasteiger charge is 2.22. The van der Waals surface area contributed by atoms with Crippen LogP contribution in [0.2, 0.25) is 0 Å². The van der Waals surface area contributed by atoms with Crippen molar-refractivity contribution >= 4 is 11.8 Å². The molecule has 5 heteroatoms. The minimum absolute atomic E-state index is 0.504. The van der Waals surface area contributed by atoms with Gasteiger partial charge in [-0.05, 0) is 37.5 Å². The van der Waals surface area contributed by atoms with Crippen molar-refractivity contribution in [3.8, 4) is 11.4 Å². The largest absolute Gasteiger partial charge is 0.366 e. The van der Waals surface area contributed by atoms with E-state index in [1.54, 1.807) is 6.20 Å². The zero-order valence-electron chi connectivity index (χ0n) is 14.2. The summed E-state index contributed by atoms with van der Waals surface area (Å²) >= 11 is 0. The van der Waals surface area contributed by atoms with Crippen molar-refractivity contribution in [1.82, 2.24) is 15.0 Å². The Balaban J connectivity index is 1.57. The fourth-order valence-electron chi connectivity index (χ4n) is 2.56. The second-order valence-corrected chi connectivity index (χ2v) is 6.43. The third-order valence-electron chi connectivity index (χ3n) is 4.16. The summed E-state index contributed by atoms with van der Waals surface area (Å²) in [4.78, 5) is 13.6. The molecular weight excluding hydrogens is 310 g/mol. The Morgan fingerprint density at radius 1 is 1.00 bits per heavy atom. The first-order valence-corrected chi connectivity index (χ1v) is 8.63. The van der Waals surface area contributed by atoms with E-state index < -0.39 is 0 Å². The van der Waals surface area contributed by atoms with Crippen LogP contribution in [0.1, 0.15) is 24.0 Å². The number of nitrogens with one attached hydrogen (secondary N) is 2. The highest BCUT2D eigenvalue weighted by atomic mass is 15.2. The van der Waals surface area contributed by atoms with Crippen LogP contribution in [0.15, 0.2) is 54.7 Å². The molecule has 0 unspecified atom stereocenters. The van der Waals surface area contributed by atoms with E-state index in [9.17, 15) is 0 Å². The maximum atomic E-state index is 4.63. The lowest BCUT2D eigenvalue weighted by molar-refractivity contribution is 1.03. The van der Waals surface area contributed by atoms with Crippen molar-refractivity contribution in [2.45, 2.75) is 32.4 Å². The minimum atomic E-state index is 0.504. The molecule has 2 heterocycles. The van der Waals surface area contributed by atoms with Gasteiger partial charge < -0.3 is 10.6 Å². The van der Waals surface area contributed by atoms with Crippen LogP contribution in [-0.2, 0) is 6.54 Å². The van der Waals surface area contributed by atoms with Crippen LogP contribution in [0.25, 0.3) is 11.4 Å². The van der Waals surface area contributed by atoms with Crippen molar-refractivity contribution < 1.29 is 0 Å². The van der Waals surface area contributed by atoms with Crippen LogP contribution in [0.5, 0.6) is 0 Å². The van der Waals surface area contributed by atoms with E-state index in [4.69, 9.17) is 0 Å². The second-order valence-electron chi connectivity index (χ2n) is 6.43. The zero-order chi connectivity index (χ0) is 17.1. The van der Waals surface area contributed by atoms with Gasteiger partial charge >= 0.3 is 0 Å². The number of rotatable bonds is 6. The molecule has 2 aromatic heterocycles. The van der Waals surface area contributed by atoms with E-state index in [-0.39, 0.29) is 0 Å². The molecule has 1 aliphatic carbocycles. The summed E-state index contributed by atoms with van der Waals surface area (Å²) in [6, 6.07) is 16.8. The molecular formula is C20H21N5. The molecule has 2 N–H and O–H groups in total. The molecule has 126 valence electrons. The maximum Gasteiger partial charge on any atom is 0.225 e. The van der Waals surface area contributed by atoms with E-state index >= 15 is 0 Å². The summed E-state index contributed by atoms with van der Waals surface area (Å²) in [5, 5.41) is 6.79. The molecule has 25 heavy (non-hydrogen) atoms. The highest BCUT2D eigenvalue weighted by Crippen LogP contribution is 2.25. The van der Waals surface area contributed by atoms with E-state index in [1.807, 2.05) is 24.3 Å². The first-order chi connectivity index (χ1) is 12.3. The molecule has 0 aliphatic heterocycles. The third kappa shape index (κ3) is 4.12. The number of pyridine rings is 1. The summed E-state index contributed by atoms with van der Waals surface area (Å²) in [5.41, 5.74) is 4.16. The van der Waals surface area contributed by atoms with Gasteiger partial charge in [-0.25, -0.2) is 4.98 Å². The Morgan fingerprint density at radius 3 is 2.56 bits per heavy atom. The van der Waals surface area contributed by atoms with Crippen LogP contribution < -0.4 is 10.6 Å². The number of nitrogens with zero attached hydrogens (tertiary/aromatic N) is 3. The van der Waals surface area contributed by atoms with Gasteiger partial charge in [0.1, 0.15) is 5.82 Å². The van der Waals surface area contributed by atoms with Gasteiger partial charge in [0.15, 0.2) is 0 Å². The lowest BCUT2D eigenvalue weighted by Gasteiger charge is -2.11. The van der Waals surface area contributed by atoms with E-state index in [2.05, 4.69) is 56.8 Å². The SMILES string of the molecule is Cc1ccc(CNc2cc(-c3ccccn3)nc(NC3CC3)n2)cc1. The van der Waals surface area contributed by atoms with Crippen molar-refractivity contribution in [2.24, 2.45) is 0 Å². The van der Waals surface area contributed by atoms with Crippen LogP contribution in [0.3, 0.4) is 0 Å². The number of aromatic nitrogens is 3. The molecule has 1 aliphatic rings. The summed E-state index contributed by atoms with van der Waals surface area (Å²) in [5.74, 6) is 1.47. The van der Waals surface area contributed by atoms with Crippen molar-refractivity contribution in [1.29, 1.82) is 0 Å². The molecule has 1 saturated carbocycles. The van der Waals surface area contributed by atoms with E-state index in [0.29, 0.717) is 12.0 Å². The summed E-state index contributed by atoms with van der Waals surface area (Å²) in [6.45, 7) is 2.82. The first-order valence-electron chi connectivity index (χ1n) is 8.63. The highest BCUT2D eigenvalue weighted by molar-refractivity contribution is 5.61. The molecule has 0 bridgehead atoms. The molecule has 3 aromatic rings. The van der Waals surface area contributed by atoms with Crippen molar-refractivity contribution in [2.75, 3.05) is 10.6 Å². The summed E-state index contributed by atoms with van der Waals surface area (Å²) in [6.07, 6.45) is 4.15. The van der Waals surface area contributed by atoms with Gasteiger partial charge in [-0.3, -0.25) is 4.98 Å². The van der Waals surface area contributed by atoms with Gasteiger partial charge in [-0.2, -0.15) is 4.98 Å². The Kier molecular flexibility index (Phi) is 4.29. The Bertz CT molecular complexity index is 842. The van der Waals surface area contributed by atoms with E-state index in [1.165, 1.54) is 24.0 Å². The fraction of sp³-hybridized carbons (Fsp3) is 0.250. The molecule has 5 nitrogen and oxygen atoms in total. The molecule has 1 aromatic carbocycles. The molecule has 0 radical (unpaired) electrons. The van der Waals surface area contributed by atoms with Gasteiger partial charge in [0.25, 0.3) is 0 Å². The molecule has 0 spiro atoms. The quantitative estimate of drug-likeness (QED) is 0.714. The van der Waals surface area contributed by atoms with Crippen molar-refractivity contribution in [3.05, 3.63) is 65.9 Å². The molecule has 1 fully saturated rings. The average Bonchev–Trinajstić information content (AvgIpc) is 3.46. The standard InChI is InChI=1S/C20H21N5/c1-14-5-7-15(8-6-14)13-22-19-12-18(17-4-2-3-11-21-17)24-20(25-19)23-16-9-10-16/h2-8,11-12,16H,9-10,13H2,1H3,(H2,22,23,24,25). The van der Waals surface area contributed by atoms with Gasteiger partial charge in [0.2, 0.25) is 5.95 Å². The van der Waals surface area contributed by atoms with Crippen molar-refractivity contribution in [3.63, 3.8) is 0 Å². The molecule has 0 amide bonds. The number of benzene rings is 1. The zero-order valence-corrected chi connectivity index (χ0v) is 14.2. The molecule has 4 rings (SSSR count). The fourth-order valence-corrected chi connectivity index (χ4v) is 2.56. The van der Waals surface area contributed by atoms with E-state index in [0.717, 1.165) is 23.8 Å². The second kappa shape index (κ2) is 6.89. The number of anilines is 2. The first kappa shape index (κ1) is 15.6. The summed E-state index contributed by atoms with van der Waals surface area (Å²) < 4.78 is 0. The molecule has 0 atom stereocenters. The van der Waals surface area contributed by atoms with Gasteiger partial charge in [-0.1, -0.05) is 35.9 Å². The molecule has 0 saturated heterocycles. The monoisotopic (exact) mass is 331 g/mol. The van der Waals surface area contributed by atoms with Gasteiger partial charge in [0, 0.05) is 24.8 Å². The summed E-state index contributed by atoms with van der Waals surface area (Å²) in [7, 11) is 0. The predicted molar refractivity (Wildman–Crippen MR) is 100 cm³/mol. The van der Waals surface area contributed by atoms with Gasteiger partial charge in [-0.15, -0.1) is 0 Å². The number of hydrogen-bond donors (Lipinski definition) is 2. The lowest BCUT2D eigenvalue weighted by atomic mass is 10.1. The maximum absolute atomic E-state index is 4.63. The normalized spacial score (nSPS) is 13.5. The van der Waals surface area contributed by atoms with Gasteiger partial charge in [0.05, 0.1) is 11.4 Å². The Hall–Kier alpha value is -2.95. The average molecular weight is 331 g/mol. The predicted octanol–water partition coefficient (Wildman–Crippen LogP) is 4.03. The Labute approximate surface area is 147 Å². The number of hydrogen-bond acceptors (Lipinski definition) is 5. The lowest BCUT2D eigenvalue weighted by Crippen LogP contribution is -2.09.